The van der Waals surface area contributed by atoms with Crippen molar-refractivity contribution in [1.82, 2.24) is 19.9 Å². The molecule has 33 heavy (non-hydrogen) atoms. The summed E-state index contributed by atoms with van der Waals surface area (Å²) in [7, 11) is 1.64. The third-order valence-corrected chi connectivity index (χ3v) is 6.64. The van der Waals surface area contributed by atoms with Gasteiger partial charge in [-0.15, -0.1) is 0 Å². The van der Waals surface area contributed by atoms with Gasteiger partial charge in [-0.2, -0.15) is 0 Å². The number of fused-ring (bicyclic) bond motifs is 1. The highest BCUT2D eigenvalue weighted by molar-refractivity contribution is 5.92. The largest absolute Gasteiger partial charge is 0.489 e. The summed E-state index contributed by atoms with van der Waals surface area (Å²) in [4.78, 5) is 20.0. The van der Waals surface area contributed by atoms with Gasteiger partial charge in [0, 0.05) is 38.2 Å². The van der Waals surface area contributed by atoms with Crippen LogP contribution in [0.25, 0.3) is 10.9 Å². The summed E-state index contributed by atoms with van der Waals surface area (Å²) in [6.45, 7) is 5.14. The van der Waals surface area contributed by atoms with Gasteiger partial charge in [0.1, 0.15) is 23.3 Å². The first-order valence-corrected chi connectivity index (χ1v) is 11.8. The van der Waals surface area contributed by atoms with Gasteiger partial charge in [-0.25, -0.2) is 19.9 Å². The van der Waals surface area contributed by atoms with Crippen molar-refractivity contribution in [3.8, 4) is 11.6 Å². The molecule has 0 unspecified atom stereocenters. The van der Waals surface area contributed by atoms with Crippen molar-refractivity contribution < 1.29 is 15.6 Å². The van der Waals surface area contributed by atoms with E-state index in [0.717, 1.165) is 92.3 Å². The Hall–Kier alpha value is -3.00. The Kier molecular flexibility index (Phi) is 6.53. The molecule has 1 aliphatic heterocycles. The lowest BCUT2D eigenvalue weighted by Gasteiger charge is -2.31. The number of aromatic nitrogens is 4. The molecule has 8 nitrogen and oxygen atoms in total. The number of methoxy groups -OCH3 is 1. The summed E-state index contributed by atoms with van der Waals surface area (Å²) in [5.41, 5.74) is 3.08. The summed E-state index contributed by atoms with van der Waals surface area (Å²) in [6.07, 6.45) is 8.88. The molecule has 0 radical (unpaired) electrons. The van der Waals surface area contributed by atoms with Crippen LogP contribution in [-0.2, 0) is 11.2 Å². The van der Waals surface area contributed by atoms with Crippen molar-refractivity contribution in [2.45, 2.75) is 45.1 Å². The van der Waals surface area contributed by atoms with E-state index in [2.05, 4.69) is 37.0 Å². The maximum atomic E-state index is 6.62. The van der Waals surface area contributed by atoms with Gasteiger partial charge < -0.3 is 19.1 Å². The first-order chi connectivity index (χ1) is 16.2. The zero-order chi connectivity index (χ0) is 22.6. The molecule has 0 atom stereocenters. The van der Waals surface area contributed by atoms with E-state index in [9.17, 15) is 0 Å². The molecule has 0 amide bonds. The molecule has 0 bridgehead atoms. The SMILES string of the molecule is COc1ncnc2cc(N3CCOCC3)cc(OC3CCC(Cc4ccnc(C)n4)CC3)c12.[HH]. The van der Waals surface area contributed by atoms with Crippen LogP contribution < -0.4 is 14.4 Å². The van der Waals surface area contributed by atoms with Gasteiger partial charge in [0.25, 0.3) is 0 Å². The summed E-state index contributed by atoms with van der Waals surface area (Å²) >= 11 is 0. The zero-order valence-electron chi connectivity index (χ0n) is 19.4. The van der Waals surface area contributed by atoms with Crippen LogP contribution in [0.4, 0.5) is 5.69 Å². The first-order valence-electron chi connectivity index (χ1n) is 11.8. The van der Waals surface area contributed by atoms with Crippen LogP contribution in [0.2, 0.25) is 0 Å². The number of morpholine rings is 1. The molecule has 2 aromatic heterocycles. The topological polar surface area (TPSA) is 82.5 Å². The molecule has 2 aliphatic rings. The van der Waals surface area contributed by atoms with E-state index in [1.807, 2.05) is 19.2 Å². The first kappa shape index (κ1) is 21.8. The molecule has 5 rings (SSSR count). The van der Waals surface area contributed by atoms with Crippen molar-refractivity contribution in [1.29, 1.82) is 0 Å². The van der Waals surface area contributed by atoms with Crippen LogP contribution in [-0.4, -0.2) is 59.5 Å². The minimum absolute atomic E-state index is 0. The lowest BCUT2D eigenvalue weighted by Crippen LogP contribution is -2.36. The maximum Gasteiger partial charge on any atom is 0.228 e. The highest BCUT2D eigenvalue weighted by atomic mass is 16.5. The third kappa shape index (κ3) is 5.00. The minimum Gasteiger partial charge on any atom is -0.489 e. The second-order valence-corrected chi connectivity index (χ2v) is 8.88. The quantitative estimate of drug-likeness (QED) is 0.556. The molecule has 2 fully saturated rings. The van der Waals surface area contributed by atoms with Gasteiger partial charge >= 0.3 is 0 Å². The van der Waals surface area contributed by atoms with Gasteiger partial charge in [-0.05, 0) is 57.1 Å². The molecule has 176 valence electrons. The number of hydrogen-bond acceptors (Lipinski definition) is 8. The van der Waals surface area contributed by atoms with Gasteiger partial charge in [0.05, 0.1) is 31.9 Å². The fraction of sp³-hybridized carbons (Fsp3) is 0.520. The predicted molar refractivity (Wildman–Crippen MR) is 128 cm³/mol. The molecule has 3 aromatic rings. The van der Waals surface area contributed by atoms with E-state index < -0.39 is 0 Å². The van der Waals surface area contributed by atoms with E-state index in [4.69, 9.17) is 14.2 Å². The third-order valence-electron chi connectivity index (χ3n) is 6.64. The van der Waals surface area contributed by atoms with E-state index >= 15 is 0 Å². The number of anilines is 1. The Morgan fingerprint density at radius 3 is 2.67 bits per heavy atom. The maximum absolute atomic E-state index is 6.62. The van der Waals surface area contributed by atoms with Crippen LogP contribution in [0.1, 0.15) is 38.6 Å². The number of hydrogen-bond donors (Lipinski definition) is 0. The predicted octanol–water partition coefficient (Wildman–Crippen LogP) is 4.00. The van der Waals surface area contributed by atoms with Gasteiger partial charge in [0.15, 0.2) is 0 Å². The second kappa shape index (κ2) is 9.87. The average Bonchev–Trinajstić information content (AvgIpc) is 2.85. The summed E-state index contributed by atoms with van der Waals surface area (Å²) < 4.78 is 17.7. The van der Waals surface area contributed by atoms with E-state index in [0.29, 0.717) is 11.8 Å². The Labute approximate surface area is 195 Å². The van der Waals surface area contributed by atoms with Crippen LogP contribution in [0, 0.1) is 12.8 Å². The molecule has 3 heterocycles. The number of ether oxygens (including phenoxy) is 3. The molecular formula is C25H33N5O3. The molecular weight excluding hydrogens is 418 g/mol. The van der Waals surface area contributed by atoms with Crippen molar-refractivity contribution in [3.05, 3.63) is 42.2 Å². The van der Waals surface area contributed by atoms with Crippen molar-refractivity contribution in [2.24, 2.45) is 5.92 Å². The Bertz CT molecular complexity index is 1100. The van der Waals surface area contributed by atoms with Crippen molar-refractivity contribution >= 4 is 16.6 Å². The number of aryl methyl sites for hydroxylation is 1. The average molecular weight is 452 g/mol. The summed E-state index contributed by atoms with van der Waals surface area (Å²) in [6, 6.07) is 6.25. The van der Waals surface area contributed by atoms with Crippen LogP contribution in [0.3, 0.4) is 0 Å². The summed E-state index contributed by atoms with van der Waals surface area (Å²) in [5, 5.41) is 0.843. The Morgan fingerprint density at radius 1 is 1.09 bits per heavy atom. The van der Waals surface area contributed by atoms with Gasteiger partial charge in [-0.1, -0.05) is 0 Å². The standard InChI is InChI=1S/C25H31N5O3.H2/c1-17-26-8-7-19(29-17)13-18-3-5-21(6-4-18)33-23-15-20(30-9-11-32-12-10-30)14-22-24(23)25(31-2)28-16-27-22;/h7-8,14-16,18,21H,3-6,9-13H2,1-2H3;1H. The Morgan fingerprint density at radius 2 is 1.91 bits per heavy atom. The highest BCUT2D eigenvalue weighted by Gasteiger charge is 2.25. The molecule has 1 saturated carbocycles. The van der Waals surface area contributed by atoms with Crippen molar-refractivity contribution in [3.63, 3.8) is 0 Å². The van der Waals surface area contributed by atoms with Crippen molar-refractivity contribution in [2.75, 3.05) is 38.3 Å². The minimum atomic E-state index is 0. The van der Waals surface area contributed by atoms with E-state index in [1.165, 1.54) is 0 Å². The highest BCUT2D eigenvalue weighted by Crippen LogP contribution is 2.38. The number of rotatable bonds is 6. The molecule has 0 spiro atoms. The normalized spacial score (nSPS) is 21.2. The fourth-order valence-electron chi connectivity index (χ4n) is 4.91. The van der Waals surface area contributed by atoms with Crippen LogP contribution >= 0.6 is 0 Å². The molecule has 8 heteroatoms. The molecule has 1 aliphatic carbocycles. The molecule has 0 N–H and O–H groups in total. The number of nitrogens with zero attached hydrogens (tertiary/aromatic N) is 5. The van der Waals surface area contributed by atoms with Crippen LogP contribution in [0.15, 0.2) is 30.7 Å². The summed E-state index contributed by atoms with van der Waals surface area (Å²) in [5.74, 6) is 2.83. The smallest absolute Gasteiger partial charge is 0.228 e. The zero-order valence-corrected chi connectivity index (χ0v) is 19.4. The van der Waals surface area contributed by atoms with E-state index in [1.54, 1.807) is 13.4 Å². The van der Waals surface area contributed by atoms with Crippen LogP contribution in [0.5, 0.6) is 11.6 Å². The van der Waals surface area contributed by atoms with E-state index in [-0.39, 0.29) is 7.53 Å². The Balaban J connectivity index is 0.00000274. The fourth-order valence-corrected chi connectivity index (χ4v) is 4.91. The lowest BCUT2D eigenvalue weighted by molar-refractivity contribution is 0.122. The lowest BCUT2D eigenvalue weighted by atomic mass is 9.84. The second-order valence-electron chi connectivity index (χ2n) is 8.88. The van der Waals surface area contributed by atoms with Gasteiger partial charge in [0.2, 0.25) is 5.88 Å². The number of benzene rings is 1. The monoisotopic (exact) mass is 451 g/mol. The van der Waals surface area contributed by atoms with Gasteiger partial charge in [-0.3, -0.25) is 0 Å². The molecule has 1 aromatic carbocycles. The molecule has 1 saturated heterocycles.